The highest BCUT2D eigenvalue weighted by molar-refractivity contribution is 5.63. The quantitative estimate of drug-likeness (QED) is 0.767. The van der Waals surface area contributed by atoms with Crippen molar-refractivity contribution in [2.75, 3.05) is 11.9 Å². The van der Waals surface area contributed by atoms with E-state index in [0.29, 0.717) is 6.04 Å². The van der Waals surface area contributed by atoms with Crippen LogP contribution in [0.4, 0.5) is 5.82 Å². The molecule has 0 bridgehead atoms. The van der Waals surface area contributed by atoms with Crippen LogP contribution in [0.25, 0.3) is 11.3 Å². The second-order valence-electron chi connectivity index (χ2n) is 5.37. The Hall–Kier alpha value is -2.55. The molecule has 3 aromatic rings. The fourth-order valence-corrected chi connectivity index (χ4v) is 2.96. The smallest absolute Gasteiger partial charge is 0.125 e. The summed E-state index contributed by atoms with van der Waals surface area (Å²) in [6, 6.07) is 23.4. The zero-order chi connectivity index (χ0) is 14.1. The SMILES string of the molecule is c1ccc(-c2cc3n(n2)C(c2ccccc2)CCN3)cc1. The van der Waals surface area contributed by atoms with E-state index in [1.807, 2.05) is 6.07 Å². The Labute approximate surface area is 124 Å². The molecule has 0 fully saturated rings. The van der Waals surface area contributed by atoms with Crippen molar-refractivity contribution in [1.82, 2.24) is 9.78 Å². The molecule has 4 rings (SSSR count). The molecule has 0 saturated carbocycles. The van der Waals surface area contributed by atoms with Gasteiger partial charge in [-0.25, -0.2) is 4.68 Å². The minimum atomic E-state index is 0.319. The molecule has 0 spiro atoms. The minimum absolute atomic E-state index is 0.319. The van der Waals surface area contributed by atoms with Crippen molar-refractivity contribution >= 4 is 5.82 Å². The molecule has 0 radical (unpaired) electrons. The molecule has 0 saturated heterocycles. The summed E-state index contributed by atoms with van der Waals surface area (Å²) in [6.07, 6.45) is 1.06. The van der Waals surface area contributed by atoms with Gasteiger partial charge in [0.15, 0.2) is 0 Å². The van der Waals surface area contributed by atoms with E-state index in [1.165, 1.54) is 5.56 Å². The van der Waals surface area contributed by atoms with E-state index >= 15 is 0 Å². The number of nitrogens with zero attached hydrogens (tertiary/aromatic N) is 2. The number of aromatic nitrogens is 2. The number of benzene rings is 2. The lowest BCUT2D eigenvalue weighted by atomic mass is 10.0. The van der Waals surface area contributed by atoms with Crippen LogP contribution in [0.5, 0.6) is 0 Å². The van der Waals surface area contributed by atoms with Gasteiger partial charge >= 0.3 is 0 Å². The monoisotopic (exact) mass is 275 g/mol. The first-order valence-electron chi connectivity index (χ1n) is 7.35. The first-order chi connectivity index (χ1) is 10.4. The predicted molar refractivity (Wildman–Crippen MR) is 85.4 cm³/mol. The maximum Gasteiger partial charge on any atom is 0.125 e. The second kappa shape index (κ2) is 5.09. The maximum atomic E-state index is 4.83. The van der Waals surface area contributed by atoms with Crippen molar-refractivity contribution < 1.29 is 0 Å². The lowest BCUT2D eigenvalue weighted by Crippen LogP contribution is -2.24. The number of rotatable bonds is 2. The van der Waals surface area contributed by atoms with Gasteiger partial charge in [-0.15, -0.1) is 0 Å². The van der Waals surface area contributed by atoms with Crippen LogP contribution in [0.2, 0.25) is 0 Å². The average Bonchev–Trinajstić information content (AvgIpc) is 3.00. The van der Waals surface area contributed by atoms with E-state index in [-0.39, 0.29) is 0 Å². The molecule has 21 heavy (non-hydrogen) atoms. The third-order valence-corrected chi connectivity index (χ3v) is 4.01. The van der Waals surface area contributed by atoms with Crippen LogP contribution in [0, 0.1) is 0 Å². The average molecular weight is 275 g/mol. The summed E-state index contributed by atoms with van der Waals surface area (Å²) in [7, 11) is 0. The molecule has 3 nitrogen and oxygen atoms in total. The third kappa shape index (κ3) is 2.21. The highest BCUT2D eigenvalue weighted by Crippen LogP contribution is 2.32. The van der Waals surface area contributed by atoms with E-state index in [1.54, 1.807) is 0 Å². The molecule has 1 aliphatic rings. The summed E-state index contributed by atoms with van der Waals surface area (Å²) < 4.78 is 2.13. The predicted octanol–water partition coefficient (Wildman–Crippen LogP) is 3.96. The fourth-order valence-electron chi connectivity index (χ4n) is 2.96. The van der Waals surface area contributed by atoms with E-state index < -0.39 is 0 Å². The fraction of sp³-hybridized carbons (Fsp3) is 0.167. The van der Waals surface area contributed by atoms with Gasteiger partial charge in [-0.3, -0.25) is 0 Å². The first kappa shape index (κ1) is 12.2. The van der Waals surface area contributed by atoms with Crippen molar-refractivity contribution in [3.63, 3.8) is 0 Å². The Morgan fingerprint density at radius 3 is 2.43 bits per heavy atom. The Kier molecular flexibility index (Phi) is 2.96. The number of nitrogens with one attached hydrogen (secondary N) is 1. The highest BCUT2D eigenvalue weighted by atomic mass is 15.4. The van der Waals surface area contributed by atoms with Gasteiger partial charge in [0.2, 0.25) is 0 Å². The van der Waals surface area contributed by atoms with E-state index in [0.717, 1.165) is 30.0 Å². The molecule has 3 heteroatoms. The van der Waals surface area contributed by atoms with Crippen LogP contribution >= 0.6 is 0 Å². The molecule has 104 valence electrons. The van der Waals surface area contributed by atoms with Crippen molar-refractivity contribution in [3.05, 3.63) is 72.3 Å². The lowest BCUT2D eigenvalue weighted by molar-refractivity contribution is 0.483. The molecular formula is C18H17N3. The van der Waals surface area contributed by atoms with Gasteiger partial charge in [0.25, 0.3) is 0 Å². The summed E-state index contributed by atoms with van der Waals surface area (Å²) in [4.78, 5) is 0. The Morgan fingerprint density at radius 2 is 1.67 bits per heavy atom. The van der Waals surface area contributed by atoms with Gasteiger partial charge in [0.1, 0.15) is 5.82 Å². The summed E-state index contributed by atoms with van der Waals surface area (Å²) in [6.45, 7) is 0.986. The summed E-state index contributed by atoms with van der Waals surface area (Å²) in [5.41, 5.74) is 3.51. The van der Waals surface area contributed by atoms with Crippen LogP contribution in [-0.2, 0) is 0 Å². The van der Waals surface area contributed by atoms with Crippen LogP contribution in [0.15, 0.2) is 66.7 Å². The van der Waals surface area contributed by atoms with Gasteiger partial charge < -0.3 is 5.32 Å². The first-order valence-corrected chi connectivity index (χ1v) is 7.35. The third-order valence-electron chi connectivity index (χ3n) is 4.01. The van der Waals surface area contributed by atoms with E-state index in [2.05, 4.69) is 70.7 Å². The number of hydrogen-bond donors (Lipinski definition) is 1. The minimum Gasteiger partial charge on any atom is -0.370 e. The normalized spacial score (nSPS) is 17.0. The van der Waals surface area contributed by atoms with Crippen LogP contribution in [0.1, 0.15) is 18.0 Å². The van der Waals surface area contributed by atoms with Crippen LogP contribution in [0.3, 0.4) is 0 Å². The van der Waals surface area contributed by atoms with Crippen molar-refractivity contribution in [2.45, 2.75) is 12.5 Å². The lowest BCUT2D eigenvalue weighted by Gasteiger charge is -2.25. The molecule has 1 atom stereocenters. The van der Waals surface area contributed by atoms with Gasteiger partial charge in [-0.05, 0) is 12.0 Å². The zero-order valence-corrected chi connectivity index (χ0v) is 11.7. The molecule has 0 aliphatic carbocycles. The summed E-state index contributed by atoms with van der Waals surface area (Å²) >= 11 is 0. The zero-order valence-electron chi connectivity index (χ0n) is 11.7. The van der Waals surface area contributed by atoms with Crippen molar-refractivity contribution in [3.8, 4) is 11.3 Å². The second-order valence-corrected chi connectivity index (χ2v) is 5.37. The van der Waals surface area contributed by atoms with Gasteiger partial charge in [-0.2, -0.15) is 5.10 Å². The maximum absolute atomic E-state index is 4.83. The van der Waals surface area contributed by atoms with Crippen LogP contribution < -0.4 is 5.32 Å². The highest BCUT2D eigenvalue weighted by Gasteiger charge is 2.23. The molecule has 2 aromatic carbocycles. The number of anilines is 1. The molecule has 1 N–H and O–H groups in total. The molecule has 2 heterocycles. The van der Waals surface area contributed by atoms with E-state index in [4.69, 9.17) is 5.10 Å². The molecule has 1 unspecified atom stereocenters. The molecule has 0 amide bonds. The molecule has 1 aliphatic heterocycles. The van der Waals surface area contributed by atoms with Crippen LogP contribution in [-0.4, -0.2) is 16.3 Å². The van der Waals surface area contributed by atoms with Gasteiger partial charge in [0.05, 0.1) is 11.7 Å². The topological polar surface area (TPSA) is 29.9 Å². The number of fused-ring (bicyclic) bond motifs is 1. The van der Waals surface area contributed by atoms with Gasteiger partial charge in [0, 0.05) is 18.2 Å². The van der Waals surface area contributed by atoms with Gasteiger partial charge in [-0.1, -0.05) is 60.7 Å². The molecule has 1 aromatic heterocycles. The Balaban J connectivity index is 1.77. The van der Waals surface area contributed by atoms with Crippen molar-refractivity contribution in [1.29, 1.82) is 0 Å². The Bertz CT molecular complexity index is 732. The standard InChI is InChI=1S/C18H17N3/c1-3-7-14(8-4-1)16-13-18-19-12-11-17(21(18)20-16)15-9-5-2-6-10-15/h1-10,13,17,19H,11-12H2. The summed E-state index contributed by atoms with van der Waals surface area (Å²) in [5.74, 6) is 1.11. The Morgan fingerprint density at radius 1 is 0.952 bits per heavy atom. The molecular weight excluding hydrogens is 258 g/mol. The number of hydrogen-bond acceptors (Lipinski definition) is 2. The van der Waals surface area contributed by atoms with E-state index in [9.17, 15) is 0 Å². The largest absolute Gasteiger partial charge is 0.370 e. The van der Waals surface area contributed by atoms with Crippen molar-refractivity contribution in [2.24, 2.45) is 0 Å². The summed E-state index contributed by atoms with van der Waals surface area (Å²) in [5, 5.41) is 8.29.